The summed E-state index contributed by atoms with van der Waals surface area (Å²) in [5.74, 6) is -1.03. The first-order valence-electron chi connectivity index (χ1n) is 12.3. The van der Waals surface area contributed by atoms with Crippen LogP contribution < -0.4 is 16.0 Å². The van der Waals surface area contributed by atoms with Crippen molar-refractivity contribution in [1.82, 2.24) is 15.1 Å². The predicted octanol–water partition coefficient (Wildman–Crippen LogP) is 1.75. The average molecular weight is 525 g/mol. The summed E-state index contributed by atoms with van der Waals surface area (Å²) in [6.07, 6.45) is 3.13. The van der Waals surface area contributed by atoms with Gasteiger partial charge in [0.25, 0.3) is 5.91 Å². The highest BCUT2D eigenvalue weighted by Crippen LogP contribution is 2.39. The number of para-hydroxylation sites is 1. The van der Waals surface area contributed by atoms with E-state index in [-0.39, 0.29) is 43.9 Å². The predicted molar refractivity (Wildman–Crippen MR) is 140 cm³/mol. The Bertz CT molecular complexity index is 1130. The van der Waals surface area contributed by atoms with Crippen LogP contribution in [0.25, 0.3) is 0 Å². The van der Waals surface area contributed by atoms with Gasteiger partial charge in [0.1, 0.15) is 12.1 Å². The number of amides is 4. The molecule has 0 bridgehead atoms. The average Bonchev–Trinajstić information content (AvgIpc) is 3.15. The number of rotatable bonds is 9. The molecule has 2 aromatic carbocycles. The molecule has 1 spiro atoms. The van der Waals surface area contributed by atoms with Crippen LogP contribution in [0.3, 0.4) is 0 Å². The van der Waals surface area contributed by atoms with Crippen LogP contribution in [0, 0.1) is 6.42 Å². The van der Waals surface area contributed by atoms with Gasteiger partial charge in [-0.1, -0.05) is 41.9 Å². The lowest BCUT2D eigenvalue weighted by Gasteiger charge is -2.43. The Morgan fingerprint density at radius 1 is 1.03 bits per heavy atom. The van der Waals surface area contributed by atoms with E-state index in [2.05, 4.69) is 5.32 Å². The first kappa shape index (κ1) is 26.5. The Balaban J connectivity index is 1.41. The van der Waals surface area contributed by atoms with Gasteiger partial charge in [-0.25, -0.2) is 0 Å². The summed E-state index contributed by atoms with van der Waals surface area (Å²) >= 11 is 5.94. The molecule has 4 amide bonds. The zero-order valence-electron chi connectivity index (χ0n) is 20.6. The number of primary amides is 1. The number of hydrogen-bond acceptors (Lipinski definition) is 5. The van der Waals surface area contributed by atoms with Crippen LogP contribution in [-0.2, 0) is 25.6 Å². The van der Waals surface area contributed by atoms with E-state index in [0.717, 1.165) is 11.3 Å². The maximum atomic E-state index is 13.7. The van der Waals surface area contributed by atoms with Crippen LogP contribution in [0.4, 0.5) is 5.69 Å². The molecular formula is C27H31ClN5O4. The first-order valence-corrected chi connectivity index (χ1v) is 12.7. The third kappa shape index (κ3) is 6.22. The zero-order chi connectivity index (χ0) is 26.4. The third-order valence-electron chi connectivity index (χ3n) is 6.94. The monoisotopic (exact) mass is 524 g/mol. The number of nitrogens with two attached hydrogens (primary N) is 1. The summed E-state index contributed by atoms with van der Waals surface area (Å²) in [7, 11) is 0. The van der Waals surface area contributed by atoms with Crippen molar-refractivity contribution in [2.45, 2.75) is 31.2 Å². The first-order chi connectivity index (χ1) is 17.8. The van der Waals surface area contributed by atoms with E-state index < -0.39 is 11.4 Å². The van der Waals surface area contributed by atoms with Gasteiger partial charge in [0.05, 0.1) is 13.1 Å². The van der Waals surface area contributed by atoms with Gasteiger partial charge < -0.3 is 25.8 Å². The normalized spacial score (nSPS) is 16.8. The van der Waals surface area contributed by atoms with Gasteiger partial charge in [0.15, 0.2) is 0 Å². The molecule has 0 aromatic heterocycles. The molecule has 4 rings (SSSR count). The second-order valence-electron chi connectivity index (χ2n) is 9.37. The number of piperidine rings is 1. The van der Waals surface area contributed by atoms with Gasteiger partial charge >= 0.3 is 0 Å². The third-order valence-corrected chi connectivity index (χ3v) is 7.19. The smallest absolute Gasteiger partial charge is 0.250 e. The molecule has 1 radical (unpaired) electrons. The van der Waals surface area contributed by atoms with Crippen molar-refractivity contribution >= 4 is 40.9 Å². The fourth-order valence-corrected chi connectivity index (χ4v) is 5.05. The molecule has 0 unspecified atom stereocenters. The summed E-state index contributed by atoms with van der Waals surface area (Å²) in [5.41, 5.74) is 6.19. The molecule has 2 aromatic rings. The SMILES string of the molecule is NC(=O)CCNC(=O)CN1CN(c2ccccc2)C2(CCN(C(=O)[CH]Cc3ccc(Cl)cc3)CC2)C1=O. The van der Waals surface area contributed by atoms with Gasteiger partial charge in [-0.15, -0.1) is 0 Å². The molecule has 0 saturated carbocycles. The molecule has 0 aliphatic carbocycles. The van der Waals surface area contributed by atoms with Crippen LogP contribution >= 0.6 is 11.6 Å². The van der Waals surface area contributed by atoms with Gasteiger partial charge in [0.2, 0.25) is 17.7 Å². The van der Waals surface area contributed by atoms with Crippen molar-refractivity contribution in [2.24, 2.45) is 5.73 Å². The lowest BCUT2D eigenvalue weighted by Crippen LogP contribution is -2.57. The topological polar surface area (TPSA) is 116 Å². The quantitative estimate of drug-likeness (QED) is 0.518. The van der Waals surface area contributed by atoms with Gasteiger partial charge in [-0.05, 0) is 49.1 Å². The highest BCUT2D eigenvalue weighted by molar-refractivity contribution is 6.30. The Morgan fingerprint density at radius 2 is 1.70 bits per heavy atom. The summed E-state index contributed by atoms with van der Waals surface area (Å²) in [6.45, 7) is 1.16. The van der Waals surface area contributed by atoms with Crippen molar-refractivity contribution in [3.8, 4) is 0 Å². The lowest BCUT2D eigenvalue weighted by molar-refractivity contribution is -0.139. The molecule has 0 atom stereocenters. The second-order valence-corrected chi connectivity index (χ2v) is 9.80. The number of halogens is 1. The van der Waals surface area contributed by atoms with E-state index in [1.807, 2.05) is 47.4 Å². The van der Waals surface area contributed by atoms with Crippen LogP contribution in [0.1, 0.15) is 24.8 Å². The number of carbonyl (C=O) groups excluding carboxylic acids is 4. The van der Waals surface area contributed by atoms with E-state index in [1.165, 1.54) is 4.90 Å². The Labute approximate surface area is 221 Å². The van der Waals surface area contributed by atoms with Crippen LogP contribution in [0.5, 0.6) is 0 Å². The molecule has 2 aliphatic rings. The van der Waals surface area contributed by atoms with Crippen LogP contribution in [-0.4, -0.2) is 71.8 Å². The van der Waals surface area contributed by atoms with Crippen molar-refractivity contribution < 1.29 is 19.2 Å². The van der Waals surface area contributed by atoms with Crippen molar-refractivity contribution in [3.63, 3.8) is 0 Å². The number of anilines is 1. The van der Waals surface area contributed by atoms with E-state index in [1.54, 1.807) is 23.5 Å². The number of likely N-dealkylation sites (tertiary alicyclic amines) is 1. The Kier molecular flexibility index (Phi) is 8.33. The number of carbonyl (C=O) groups is 4. The van der Waals surface area contributed by atoms with Gasteiger partial charge in [-0.3, -0.25) is 19.2 Å². The molecule has 2 saturated heterocycles. The summed E-state index contributed by atoms with van der Waals surface area (Å²) in [5, 5.41) is 3.29. The van der Waals surface area contributed by atoms with E-state index >= 15 is 0 Å². The summed E-state index contributed by atoms with van der Waals surface area (Å²) < 4.78 is 0. The van der Waals surface area contributed by atoms with E-state index in [9.17, 15) is 19.2 Å². The molecule has 3 N–H and O–H groups in total. The van der Waals surface area contributed by atoms with Crippen molar-refractivity contribution in [3.05, 3.63) is 71.6 Å². The van der Waals surface area contributed by atoms with Crippen molar-refractivity contribution in [2.75, 3.05) is 37.7 Å². The molecule has 10 heteroatoms. The van der Waals surface area contributed by atoms with Crippen LogP contribution in [0.15, 0.2) is 54.6 Å². The number of nitrogens with one attached hydrogen (secondary N) is 1. The molecule has 2 fully saturated rings. The summed E-state index contributed by atoms with van der Waals surface area (Å²) in [6, 6.07) is 17.0. The fraction of sp³-hybridized carbons (Fsp3) is 0.370. The minimum Gasteiger partial charge on any atom is -0.370 e. The second kappa shape index (κ2) is 11.6. The molecule has 195 valence electrons. The number of benzene rings is 2. The Morgan fingerprint density at radius 3 is 2.35 bits per heavy atom. The lowest BCUT2D eigenvalue weighted by atomic mass is 9.85. The highest BCUT2D eigenvalue weighted by Gasteiger charge is 2.54. The maximum Gasteiger partial charge on any atom is 0.250 e. The standard InChI is InChI=1S/C27H31ClN5O4/c28-21-9-6-20(7-10-21)8-11-25(36)31-16-13-27(14-17-31)26(37)32(18-24(35)30-15-12-23(29)34)19-33(27)22-4-2-1-3-5-22/h1-7,9-11H,8,12-19H2,(H2,29,34)(H,30,35). The van der Waals surface area contributed by atoms with Gasteiger partial charge in [0, 0.05) is 36.8 Å². The van der Waals surface area contributed by atoms with Crippen LogP contribution in [0.2, 0.25) is 5.02 Å². The molecule has 9 nitrogen and oxygen atoms in total. The summed E-state index contributed by atoms with van der Waals surface area (Å²) in [4.78, 5) is 55.3. The maximum absolute atomic E-state index is 13.7. The largest absolute Gasteiger partial charge is 0.370 e. The minimum absolute atomic E-state index is 0.0403. The Hall–Kier alpha value is -3.59. The number of nitrogens with zero attached hydrogens (tertiary/aromatic N) is 3. The zero-order valence-corrected chi connectivity index (χ0v) is 21.3. The molecule has 37 heavy (non-hydrogen) atoms. The minimum atomic E-state index is -0.832. The number of hydrogen-bond donors (Lipinski definition) is 2. The van der Waals surface area contributed by atoms with Crippen molar-refractivity contribution in [1.29, 1.82) is 0 Å². The molecule has 2 aliphatic heterocycles. The van der Waals surface area contributed by atoms with E-state index in [0.29, 0.717) is 37.4 Å². The molecular weight excluding hydrogens is 494 g/mol. The highest BCUT2D eigenvalue weighted by atomic mass is 35.5. The molecule has 2 heterocycles. The van der Waals surface area contributed by atoms with Gasteiger partial charge in [-0.2, -0.15) is 0 Å². The van der Waals surface area contributed by atoms with E-state index in [4.69, 9.17) is 17.3 Å². The fourth-order valence-electron chi connectivity index (χ4n) is 4.93.